The lowest BCUT2D eigenvalue weighted by molar-refractivity contribution is -0.121. The van der Waals surface area contributed by atoms with Gasteiger partial charge in [0.1, 0.15) is 0 Å². The molecule has 0 saturated carbocycles. The molecular formula is C20H24N4O2. The van der Waals surface area contributed by atoms with Crippen molar-refractivity contribution in [1.29, 1.82) is 0 Å². The number of aryl methyl sites for hydroxylation is 1. The Labute approximate surface area is 153 Å². The molecule has 0 aliphatic carbocycles. The molecule has 6 heteroatoms. The van der Waals surface area contributed by atoms with E-state index in [9.17, 15) is 9.59 Å². The van der Waals surface area contributed by atoms with E-state index in [0.717, 1.165) is 29.8 Å². The van der Waals surface area contributed by atoms with Crippen molar-refractivity contribution in [3.05, 3.63) is 70.3 Å². The third-order valence-corrected chi connectivity index (χ3v) is 4.66. The Hall–Kier alpha value is -2.86. The number of fused-ring (bicyclic) bond motifs is 1. The maximum absolute atomic E-state index is 12.4. The number of hydrogen-bond acceptors (Lipinski definition) is 3. The van der Waals surface area contributed by atoms with E-state index in [4.69, 9.17) is 5.73 Å². The normalized spacial score (nSPS) is 13.7. The average Bonchev–Trinajstić information content (AvgIpc) is 3.07. The van der Waals surface area contributed by atoms with Gasteiger partial charge in [0, 0.05) is 19.6 Å². The number of benzene rings is 2. The molecule has 136 valence electrons. The predicted octanol–water partition coefficient (Wildman–Crippen LogP) is 2.01. The summed E-state index contributed by atoms with van der Waals surface area (Å²) in [6, 6.07) is 12.8. The highest BCUT2D eigenvalue weighted by Gasteiger charge is 2.19. The fourth-order valence-corrected chi connectivity index (χ4v) is 3.30. The molecule has 0 aromatic heterocycles. The first kappa shape index (κ1) is 17.9. The molecule has 2 aromatic carbocycles. The maximum atomic E-state index is 12.4. The number of primary amides is 1. The van der Waals surface area contributed by atoms with Gasteiger partial charge < -0.3 is 21.7 Å². The van der Waals surface area contributed by atoms with Gasteiger partial charge in [0.15, 0.2) is 0 Å². The zero-order valence-electron chi connectivity index (χ0n) is 14.8. The van der Waals surface area contributed by atoms with E-state index in [2.05, 4.69) is 28.1 Å². The molecule has 3 rings (SSSR count). The van der Waals surface area contributed by atoms with E-state index in [1.54, 1.807) is 0 Å². The number of nitrogens with two attached hydrogens (primary N) is 1. The first-order valence-corrected chi connectivity index (χ1v) is 8.72. The molecule has 2 aromatic rings. The summed E-state index contributed by atoms with van der Waals surface area (Å²) < 4.78 is 0. The number of urea groups is 1. The van der Waals surface area contributed by atoms with Crippen molar-refractivity contribution in [2.75, 3.05) is 0 Å². The Morgan fingerprint density at radius 1 is 1.15 bits per heavy atom. The summed E-state index contributed by atoms with van der Waals surface area (Å²) in [6.07, 6.45) is 0.139. The van der Waals surface area contributed by atoms with Crippen LogP contribution in [0, 0.1) is 6.92 Å². The number of carbonyl (C=O) groups excluding carboxylic acids is 2. The average molecular weight is 352 g/mol. The van der Waals surface area contributed by atoms with Crippen LogP contribution in [0.15, 0.2) is 42.5 Å². The van der Waals surface area contributed by atoms with Gasteiger partial charge in [-0.15, -0.1) is 0 Å². The smallest absolute Gasteiger partial charge is 0.312 e. The van der Waals surface area contributed by atoms with Crippen LogP contribution in [0.4, 0.5) is 4.79 Å². The minimum atomic E-state index is -0.642. The first-order valence-electron chi connectivity index (χ1n) is 8.72. The Bertz CT molecular complexity index is 819. The summed E-state index contributed by atoms with van der Waals surface area (Å²) in [4.78, 5) is 23.7. The van der Waals surface area contributed by atoms with Crippen LogP contribution in [-0.2, 0) is 24.4 Å². The second kappa shape index (κ2) is 8.01. The lowest BCUT2D eigenvalue weighted by Crippen LogP contribution is -2.36. The summed E-state index contributed by atoms with van der Waals surface area (Å²) >= 11 is 0. The predicted molar refractivity (Wildman–Crippen MR) is 100 cm³/mol. The number of carbonyl (C=O) groups is 2. The summed E-state index contributed by atoms with van der Waals surface area (Å²) in [5.74, 6) is -0.134. The van der Waals surface area contributed by atoms with Crippen molar-refractivity contribution in [3.8, 4) is 0 Å². The van der Waals surface area contributed by atoms with Gasteiger partial charge in [0.05, 0.1) is 12.5 Å². The molecule has 0 bridgehead atoms. The molecule has 6 nitrogen and oxygen atoms in total. The van der Waals surface area contributed by atoms with E-state index in [1.165, 1.54) is 11.1 Å². The van der Waals surface area contributed by atoms with Crippen molar-refractivity contribution < 1.29 is 9.59 Å². The van der Waals surface area contributed by atoms with Crippen LogP contribution in [0.1, 0.15) is 40.3 Å². The second-order valence-electron chi connectivity index (χ2n) is 6.61. The lowest BCUT2D eigenvalue weighted by atomic mass is 9.98. The fraction of sp³-hybridized carbons (Fsp3) is 0.300. The Morgan fingerprint density at radius 3 is 2.69 bits per heavy atom. The van der Waals surface area contributed by atoms with Crippen LogP contribution in [0.3, 0.4) is 0 Å². The number of rotatable bonds is 6. The van der Waals surface area contributed by atoms with Gasteiger partial charge in [-0.05, 0) is 34.7 Å². The zero-order chi connectivity index (χ0) is 18.5. The highest BCUT2D eigenvalue weighted by Crippen LogP contribution is 2.21. The van der Waals surface area contributed by atoms with Gasteiger partial charge in [-0.3, -0.25) is 4.79 Å². The molecule has 0 fully saturated rings. The van der Waals surface area contributed by atoms with Gasteiger partial charge in [-0.2, -0.15) is 0 Å². The number of hydrogen-bond donors (Lipinski definition) is 4. The molecule has 26 heavy (non-hydrogen) atoms. The Balaban J connectivity index is 1.62. The maximum Gasteiger partial charge on any atom is 0.312 e. The van der Waals surface area contributed by atoms with Crippen molar-refractivity contribution in [2.24, 2.45) is 5.73 Å². The van der Waals surface area contributed by atoms with Gasteiger partial charge in [0.2, 0.25) is 5.91 Å². The van der Waals surface area contributed by atoms with Crippen LogP contribution >= 0.6 is 0 Å². The van der Waals surface area contributed by atoms with E-state index < -0.39 is 12.1 Å². The summed E-state index contributed by atoms with van der Waals surface area (Å²) in [5, 5.41) is 8.91. The summed E-state index contributed by atoms with van der Waals surface area (Å²) in [6.45, 7) is 4.18. The largest absolute Gasteiger partial charge is 0.352 e. The minimum Gasteiger partial charge on any atom is -0.352 e. The molecule has 5 N–H and O–H groups in total. The molecule has 0 spiro atoms. The summed E-state index contributed by atoms with van der Waals surface area (Å²) in [7, 11) is 0. The van der Waals surface area contributed by atoms with Crippen LogP contribution in [0.25, 0.3) is 0 Å². The SMILES string of the molecule is Cc1ccccc1C(CC(=O)NCc1ccc2c(c1)CNC2)NC(N)=O. The molecule has 0 saturated heterocycles. The number of amides is 3. The standard InChI is InChI=1S/C20H24N4O2/c1-13-4-2-3-5-17(13)18(24-20(21)26)9-19(25)23-10-14-6-7-15-11-22-12-16(15)8-14/h2-8,18,22H,9-12H2,1H3,(H,23,25)(H3,21,24,26). The monoisotopic (exact) mass is 352 g/mol. The third-order valence-electron chi connectivity index (χ3n) is 4.66. The van der Waals surface area contributed by atoms with Crippen molar-refractivity contribution in [3.63, 3.8) is 0 Å². The van der Waals surface area contributed by atoms with E-state index in [0.29, 0.717) is 6.54 Å². The lowest BCUT2D eigenvalue weighted by Gasteiger charge is -2.19. The highest BCUT2D eigenvalue weighted by atomic mass is 16.2. The van der Waals surface area contributed by atoms with Crippen molar-refractivity contribution in [1.82, 2.24) is 16.0 Å². The molecule has 0 radical (unpaired) electrons. The minimum absolute atomic E-state index is 0.134. The topological polar surface area (TPSA) is 96.2 Å². The number of nitrogens with one attached hydrogen (secondary N) is 3. The highest BCUT2D eigenvalue weighted by molar-refractivity contribution is 5.79. The van der Waals surface area contributed by atoms with Crippen LogP contribution < -0.4 is 21.7 Å². The second-order valence-corrected chi connectivity index (χ2v) is 6.61. The fourth-order valence-electron chi connectivity index (χ4n) is 3.30. The molecule has 1 heterocycles. The van der Waals surface area contributed by atoms with Crippen LogP contribution in [0.2, 0.25) is 0 Å². The van der Waals surface area contributed by atoms with Crippen molar-refractivity contribution in [2.45, 2.75) is 39.0 Å². The van der Waals surface area contributed by atoms with Crippen LogP contribution in [-0.4, -0.2) is 11.9 Å². The molecular weight excluding hydrogens is 328 g/mol. The summed E-state index contributed by atoms with van der Waals surface area (Å²) in [5.41, 5.74) is 10.8. The van der Waals surface area contributed by atoms with Crippen LogP contribution in [0.5, 0.6) is 0 Å². The van der Waals surface area contributed by atoms with Gasteiger partial charge in [-0.1, -0.05) is 42.5 Å². The van der Waals surface area contributed by atoms with Gasteiger partial charge in [-0.25, -0.2) is 4.79 Å². The molecule has 1 aliphatic rings. The molecule has 3 amide bonds. The van der Waals surface area contributed by atoms with E-state index >= 15 is 0 Å². The Kier molecular flexibility index (Phi) is 5.53. The van der Waals surface area contributed by atoms with Crippen molar-refractivity contribution >= 4 is 11.9 Å². The Morgan fingerprint density at radius 2 is 1.92 bits per heavy atom. The van der Waals surface area contributed by atoms with Gasteiger partial charge in [0.25, 0.3) is 0 Å². The quantitative estimate of drug-likeness (QED) is 0.640. The molecule has 1 unspecified atom stereocenters. The first-order chi connectivity index (χ1) is 12.5. The zero-order valence-corrected chi connectivity index (χ0v) is 14.8. The molecule has 1 atom stereocenters. The third kappa shape index (κ3) is 4.40. The van der Waals surface area contributed by atoms with Gasteiger partial charge >= 0.3 is 6.03 Å². The van der Waals surface area contributed by atoms with E-state index in [1.807, 2.05) is 37.3 Å². The molecule has 1 aliphatic heterocycles. The van der Waals surface area contributed by atoms with E-state index in [-0.39, 0.29) is 12.3 Å².